The molecule has 2 aromatic rings. The Kier molecular flexibility index (Phi) is 5.77. The zero-order valence-corrected chi connectivity index (χ0v) is 17.2. The molecule has 0 bridgehead atoms. The first-order chi connectivity index (χ1) is 13.6. The van der Waals surface area contributed by atoms with Crippen LogP contribution >= 0.6 is 0 Å². The van der Waals surface area contributed by atoms with E-state index in [-0.39, 0.29) is 6.04 Å². The molecule has 1 aromatic heterocycles. The molecule has 1 fully saturated rings. The van der Waals surface area contributed by atoms with Crippen LogP contribution in [0, 0.1) is 0 Å². The number of hydrogen-bond donors (Lipinski definition) is 0. The Balaban J connectivity index is 1.33. The maximum absolute atomic E-state index is 12.1. The second-order valence-electron chi connectivity index (χ2n) is 7.47. The first-order valence-corrected chi connectivity index (χ1v) is 10.9. The second kappa shape index (κ2) is 8.45. The number of fused-ring (bicyclic) bond motifs is 1. The molecule has 1 saturated heterocycles. The molecule has 0 saturated carbocycles. The largest absolute Gasteiger partial charge is 0.493 e. The van der Waals surface area contributed by atoms with E-state index in [0.717, 1.165) is 51.5 Å². The Morgan fingerprint density at radius 1 is 1.18 bits per heavy atom. The number of rotatable bonds is 5. The predicted octanol–water partition coefficient (Wildman–Crippen LogP) is 2.65. The van der Waals surface area contributed by atoms with Crippen LogP contribution in [0.15, 0.2) is 39.9 Å². The summed E-state index contributed by atoms with van der Waals surface area (Å²) in [7, 11) is -1.39. The molecule has 2 aliphatic rings. The summed E-state index contributed by atoms with van der Waals surface area (Å²) in [5.41, 5.74) is 2.61. The van der Waals surface area contributed by atoms with E-state index < -0.39 is 10.6 Å². The maximum Gasteiger partial charge on any atom is 0.225 e. The first kappa shape index (κ1) is 19.1. The van der Waals surface area contributed by atoms with E-state index in [1.807, 2.05) is 13.8 Å². The molecule has 150 valence electrons. The van der Waals surface area contributed by atoms with Gasteiger partial charge in [0.05, 0.1) is 6.61 Å². The van der Waals surface area contributed by atoms with Crippen LogP contribution in [0.1, 0.15) is 25.0 Å². The van der Waals surface area contributed by atoms with Crippen LogP contribution in [0.3, 0.4) is 0 Å². The number of piperazine rings is 1. The van der Waals surface area contributed by atoms with Crippen LogP contribution in [-0.2, 0) is 27.8 Å². The molecule has 0 atom stereocenters. The summed E-state index contributed by atoms with van der Waals surface area (Å²) in [5, 5.41) is 0. The zero-order chi connectivity index (χ0) is 19.5. The van der Waals surface area contributed by atoms with Gasteiger partial charge in [-0.3, -0.25) is 4.90 Å². The van der Waals surface area contributed by atoms with E-state index in [1.165, 1.54) is 11.1 Å². The van der Waals surface area contributed by atoms with Gasteiger partial charge in [0.1, 0.15) is 5.75 Å². The van der Waals surface area contributed by atoms with Crippen LogP contribution in [0.25, 0.3) is 0 Å². The lowest BCUT2D eigenvalue weighted by Gasteiger charge is -2.34. The second-order valence-corrected chi connectivity index (χ2v) is 8.65. The van der Waals surface area contributed by atoms with Crippen molar-refractivity contribution in [1.29, 1.82) is 0 Å². The fraction of sp³-hybridized carbons (Fsp3) is 0.500. The van der Waals surface area contributed by atoms with Crippen LogP contribution < -0.4 is 9.64 Å². The highest BCUT2D eigenvalue weighted by Crippen LogP contribution is 2.27. The zero-order valence-electron chi connectivity index (χ0n) is 16.4. The summed E-state index contributed by atoms with van der Waals surface area (Å²) in [6.07, 6.45) is 4.27. The normalized spacial score (nSPS) is 18.3. The number of ether oxygens (including phenoxy) is 1. The molecule has 0 aliphatic carbocycles. The molecular formula is C20H26N5O2S-. The third-order valence-electron chi connectivity index (χ3n) is 4.94. The standard InChI is InChI=1S/C20H26N5O2S/c1-15(2)23-28(26)18-12-21-20(22-13-18)25-8-6-24(7-9-25)14-16-3-4-17-5-10-27-19(17)11-16/h3-4,11-13,15H,5-10,14H2,1-2H3/q-1. The smallest absolute Gasteiger partial charge is 0.225 e. The average molecular weight is 401 g/mol. The van der Waals surface area contributed by atoms with E-state index in [9.17, 15) is 4.21 Å². The molecule has 2 aliphatic heterocycles. The van der Waals surface area contributed by atoms with Crippen molar-refractivity contribution in [2.75, 3.05) is 37.7 Å². The van der Waals surface area contributed by atoms with E-state index >= 15 is 0 Å². The SMILES string of the molecule is CC(C)N=[S-](=O)c1cnc(N2CCN(Cc3ccc4c(c3)OCC4)CC2)nc1. The lowest BCUT2D eigenvalue weighted by Crippen LogP contribution is -2.46. The molecule has 8 heteroatoms. The molecule has 0 spiro atoms. The number of nitrogens with zero attached hydrogens (tertiary/aromatic N) is 5. The van der Waals surface area contributed by atoms with Gasteiger partial charge in [-0.15, -0.1) is 0 Å². The van der Waals surface area contributed by atoms with Crippen molar-refractivity contribution >= 4 is 16.5 Å². The number of benzene rings is 1. The van der Waals surface area contributed by atoms with Crippen molar-refractivity contribution in [3.8, 4) is 5.75 Å². The van der Waals surface area contributed by atoms with Crippen LogP contribution in [0.5, 0.6) is 5.75 Å². The Morgan fingerprint density at radius 3 is 2.64 bits per heavy atom. The Labute approximate surface area is 168 Å². The van der Waals surface area contributed by atoms with Gasteiger partial charge in [-0.25, -0.2) is 9.97 Å². The fourth-order valence-electron chi connectivity index (χ4n) is 3.49. The highest BCUT2D eigenvalue weighted by Gasteiger charge is 2.20. The van der Waals surface area contributed by atoms with E-state index in [0.29, 0.717) is 10.8 Å². The highest BCUT2D eigenvalue weighted by atomic mass is 32.2. The minimum atomic E-state index is -1.39. The third kappa shape index (κ3) is 4.44. The van der Waals surface area contributed by atoms with Crippen LogP contribution in [-0.4, -0.2) is 53.7 Å². The van der Waals surface area contributed by atoms with Gasteiger partial charge in [-0.2, -0.15) is 10.6 Å². The topological polar surface area (TPSA) is 70.9 Å². The van der Waals surface area contributed by atoms with Gasteiger partial charge in [0.15, 0.2) is 0 Å². The molecule has 28 heavy (non-hydrogen) atoms. The quantitative estimate of drug-likeness (QED) is 0.719. The number of aromatic nitrogens is 2. The van der Waals surface area contributed by atoms with Crippen molar-refractivity contribution in [3.63, 3.8) is 0 Å². The van der Waals surface area contributed by atoms with E-state index in [2.05, 4.69) is 42.3 Å². The lowest BCUT2D eigenvalue weighted by molar-refractivity contribution is 0.248. The Bertz CT molecular complexity index is 901. The van der Waals surface area contributed by atoms with Gasteiger partial charge in [0.2, 0.25) is 5.95 Å². The summed E-state index contributed by atoms with van der Waals surface area (Å²) >= 11 is 0. The van der Waals surface area contributed by atoms with Gasteiger partial charge in [-0.05, 0) is 31.0 Å². The van der Waals surface area contributed by atoms with Crippen molar-refractivity contribution in [1.82, 2.24) is 14.9 Å². The van der Waals surface area contributed by atoms with E-state index in [4.69, 9.17) is 4.74 Å². The van der Waals surface area contributed by atoms with Gasteiger partial charge < -0.3 is 18.2 Å². The summed E-state index contributed by atoms with van der Waals surface area (Å²) in [6.45, 7) is 9.20. The Morgan fingerprint density at radius 2 is 1.93 bits per heavy atom. The van der Waals surface area contributed by atoms with Crippen LogP contribution in [0.4, 0.5) is 5.95 Å². The van der Waals surface area contributed by atoms with Crippen molar-refractivity contribution in [3.05, 3.63) is 41.7 Å². The van der Waals surface area contributed by atoms with Gasteiger partial charge in [0, 0.05) is 57.6 Å². The van der Waals surface area contributed by atoms with Crippen molar-refractivity contribution in [2.24, 2.45) is 4.36 Å². The molecule has 3 heterocycles. The van der Waals surface area contributed by atoms with Gasteiger partial charge >= 0.3 is 0 Å². The lowest BCUT2D eigenvalue weighted by atomic mass is 10.1. The van der Waals surface area contributed by atoms with Crippen molar-refractivity contribution < 1.29 is 8.95 Å². The molecule has 4 rings (SSSR count). The Hall–Kier alpha value is -2.19. The number of hydrogen-bond acceptors (Lipinski definition) is 8. The molecule has 0 N–H and O–H groups in total. The van der Waals surface area contributed by atoms with Gasteiger partial charge in [0.25, 0.3) is 0 Å². The summed E-state index contributed by atoms with van der Waals surface area (Å²) in [5.74, 6) is 1.74. The fourth-order valence-corrected chi connectivity index (χ4v) is 4.28. The minimum Gasteiger partial charge on any atom is -0.493 e. The molecule has 7 nitrogen and oxygen atoms in total. The molecule has 1 aromatic carbocycles. The summed E-state index contributed by atoms with van der Waals surface area (Å²) in [4.78, 5) is 14.0. The van der Waals surface area contributed by atoms with Crippen molar-refractivity contribution in [2.45, 2.75) is 37.8 Å². The predicted molar refractivity (Wildman–Crippen MR) is 109 cm³/mol. The summed E-state index contributed by atoms with van der Waals surface area (Å²) in [6, 6.07) is 6.60. The third-order valence-corrected chi connectivity index (χ3v) is 6.17. The minimum absolute atomic E-state index is 0.0193. The monoisotopic (exact) mass is 400 g/mol. The molecule has 0 amide bonds. The molecule has 0 radical (unpaired) electrons. The van der Waals surface area contributed by atoms with Crippen LogP contribution in [0.2, 0.25) is 0 Å². The van der Waals surface area contributed by atoms with Gasteiger partial charge in [-0.1, -0.05) is 17.0 Å². The summed E-state index contributed by atoms with van der Waals surface area (Å²) < 4.78 is 21.9. The average Bonchev–Trinajstić information content (AvgIpc) is 3.16. The maximum atomic E-state index is 12.1. The molecular weight excluding hydrogens is 374 g/mol. The number of anilines is 1. The van der Waals surface area contributed by atoms with E-state index in [1.54, 1.807) is 12.4 Å². The first-order valence-electron chi connectivity index (χ1n) is 9.75. The molecule has 0 unspecified atom stereocenters. The highest BCUT2D eigenvalue weighted by molar-refractivity contribution is 7.74.